The molecule has 0 saturated heterocycles. The molecular weight excluding hydrogens is 152 g/mol. The highest BCUT2D eigenvalue weighted by molar-refractivity contribution is 8.75. The molecule has 0 spiro atoms. The van der Waals surface area contributed by atoms with E-state index < -0.39 is 0 Å². The van der Waals surface area contributed by atoms with Crippen molar-refractivity contribution in [1.82, 2.24) is 8.96 Å². The highest BCUT2D eigenvalue weighted by atomic mass is 33.1. The minimum absolute atomic E-state index is 1.05. The Morgan fingerprint density at radius 1 is 1.67 bits per heavy atom. The van der Waals surface area contributed by atoms with Crippen LogP contribution in [-0.4, -0.2) is 15.2 Å². The number of aromatic nitrogens is 2. The first-order chi connectivity index (χ1) is 4.34. The molecule has 0 bridgehead atoms. The number of imidazole rings is 1. The summed E-state index contributed by atoms with van der Waals surface area (Å²) < 4.78 is 2.03. The van der Waals surface area contributed by atoms with E-state index in [2.05, 4.69) is 4.98 Å². The van der Waals surface area contributed by atoms with E-state index in [0.717, 1.165) is 5.82 Å². The van der Waals surface area contributed by atoms with Crippen LogP contribution in [0.25, 0.3) is 0 Å². The van der Waals surface area contributed by atoms with Crippen LogP contribution in [0.1, 0.15) is 5.82 Å². The van der Waals surface area contributed by atoms with Crippen molar-refractivity contribution in [3.63, 3.8) is 0 Å². The molecule has 0 aromatic carbocycles. The van der Waals surface area contributed by atoms with Gasteiger partial charge in [-0.3, -0.25) is 3.97 Å². The van der Waals surface area contributed by atoms with Crippen LogP contribution in [0, 0.1) is 6.92 Å². The van der Waals surface area contributed by atoms with E-state index in [1.54, 1.807) is 28.0 Å². The zero-order valence-corrected chi connectivity index (χ0v) is 7.00. The Balaban J connectivity index is 2.69. The molecule has 0 atom stereocenters. The molecule has 0 N–H and O–H groups in total. The lowest BCUT2D eigenvalue weighted by molar-refractivity contribution is 1.10. The predicted octanol–water partition coefficient (Wildman–Crippen LogP) is 1.97. The van der Waals surface area contributed by atoms with Crippen molar-refractivity contribution in [2.45, 2.75) is 6.92 Å². The summed E-state index contributed by atoms with van der Waals surface area (Å²) in [5, 5.41) is 0. The maximum atomic E-state index is 4.06. The van der Waals surface area contributed by atoms with Crippen molar-refractivity contribution < 1.29 is 0 Å². The molecule has 4 heteroatoms. The van der Waals surface area contributed by atoms with E-state index in [9.17, 15) is 0 Å². The molecule has 0 radical (unpaired) electrons. The molecule has 9 heavy (non-hydrogen) atoms. The normalized spacial score (nSPS) is 10.0. The minimum Gasteiger partial charge on any atom is -0.268 e. The van der Waals surface area contributed by atoms with E-state index in [-0.39, 0.29) is 0 Å². The second-order valence-electron chi connectivity index (χ2n) is 1.54. The molecule has 1 aromatic heterocycles. The van der Waals surface area contributed by atoms with E-state index in [4.69, 9.17) is 0 Å². The Bertz CT molecular complexity index is 185. The number of hydrogen-bond acceptors (Lipinski definition) is 3. The van der Waals surface area contributed by atoms with Gasteiger partial charge in [-0.15, -0.1) is 0 Å². The average molecular weight is 160 g/mol. The second-order valence-corrected chi connectivity index (χ2v) is 3.86. The summed E-state index contributed by atoms with van der Waals surface area (Å²) in [5.74, 6) is 1.05. The fourth-order valence-corrected chi connectivity index (χ4v) is 1.90. The molecule has 1 rings (SSSR count). The third-order valence-corrected chi connectivity index (χ3v) is 2.56. The molecule has 0 aliphatic heterocycles. The summed E-state index contributed by atoms with van der Waals surface area (Å²) in [5.41, 5.74) is 0. The van der Waals surface area contributed by atoms with Crippen LogP contribution in [-0.2, 0) is 0 Å². The van der Waals surface area contributed by atoms with Crippen molar-refractivity contribution in [1.29, 1.82) is 0 Å². The molecule has 0 amide bonds. The van der Waals surface area contributed by atoms with Crippen LogP contribution in [0.2, 0.25) is 0 Å². The quantitative estimate of drug-likeness (QED) is 0.616. The van der Waals surface area contributed by atoms with Gasteiger partial charge in [0.1, 0.15) is 5.82 Å². The zero-order valence-electron chi connectivity index (χ0n) is 5.37. The summed E-state index contributed by atoms with van der Waals surface area (Å²) in [6, 6.07) is 0. The van der Waals surface area contributed by atoms with Gasteiger partial charge in [0.15, 0.2) is 0 Å². The fourth-order valence-electron chi connectivity index (χ4n) is 0.526. The predicted molar refractivity (Wildman–Crippen MR) is 43.5 cm³/mol. The zero-order chi connectivity index (χ0) is 6.69. The number of aryl methyl sites for hydroxylation is 1. The van der Waals surface area contributed by atoms with Gasteiger partial charge in [0.25, 0.3) is 0 Å². The second kappa shape index (κ2) is 3.17. The molecule has 0 aliphatic carbocycles. The van der Waals surface area contributed by atoms with Gasteiger partial charge >= 0.3 is 0 Å². The molecule has 50 valence electrons. The SMILES string of the molecule is CSSn1ccnc1C. The van der Waals surface area contributed by atoms with Gasteiger partial charge in [-0.05, 0) is 13.2 Å². The standard InChI is InChI=1S/C5H8N2S2/c1-5-6-3-4-7(5)9-8-2/h3-4H,1-2H3. The highest BCUT2D eigenvalue weighted by Gasteiger charge is 1.93. The van der Waals surface area contributed by atoms with E-state index in [1.807, 2.05) is 23.3 Å². The Kier molecular flexibility index (Phi) is 2.48. The number of nitrogens with zero attached hydrogens (tertiary/aromatic N) is 2. The molecule has 2 nitrogen and oxygen atoms in total. The van der Waals surface area contributed by atoms with E-state index in [0.29, 0.717) is 0 Å². The van der Waals surface area contributed by atoms with Crippen LogP contribution in [0.3, 0.4) is 0 Å². The lowest BCUT2D eigenvalue weighted by Gasteiger charge is -1.96. The van der Waals surface area contributed by atoms with Gasteiger partial charge in [0, 0.05) is 23.4 Å². The monoisotopic (exact) mass is 160 g/mol. The highest BCUT2D eigenvalue weighted by Crippen LogP contribution is 2.20. The van der Waals surface area contributed by atoms with Gasteiger partial charge in [0.2, 0.25) is 0 Å². The molecule has 0 fully saturated rings. The average Bonchev–Trinajstić information content (AvgIpc) is 2.18. The smallest absolute Gasteiger partial charge is 0.116 e. The maximum absolute atomic E-state index is 4.06. The Labute approximate surface area is 62.6 Å². The molecular formula is C5H8N2S2. The van der Waals surface area contributed by atoms with E-state index in [1.165, 1.54) is 0 Å². The number of hydrogen-bond donors (Lipinski definition) is 0. The molecule has 0 saturated carbocycles. The Morgan fingerprint density at radius 3 is 2.89 bits per heavy atom. The topological polar surface area (TPSA) is 17.8 Å². The van der Waals surface area contributed by atoms with Crippen LogP contribution in [0.4, 0.5) is 0 Å². The summed E-state index contributed by atoms with van der Waals surface area (Å²) in [7, 11) is 3.39. The van der Waals surface area contributed by atoms with Crippen molar-refractivity contribution in [3.8, 4) is 0 Å². The summed E-state index contributed by atoms with van der Waals surface area (Å²) in [6.45, 7) is 1.99. The van der Waals surface area contributed by atoms with Crippen molar-refractivity contribution in [2.75, 3.05) is 6.26 Å². The third kappa shape index (κ3) is 1.66. The fraction of sp³-hybridized carbons (Fsp3) is 0.400. The lowest BCUT2D eigenvalue weighted by Crippen LogP contribution is -1.83. The van der Waals surface area contributed by atoms with Crippen LogP contribution in [0.5, 0.6) is 0 Å². The summed E-state index contributed by atoms with van der Waals surface area (Å²) >= 11 is 0. The first-order valence-electron chi connectivity index (χ1n) is 2.55. The van der Waals surface area contributed by atoms with Gasteiger partial charge < -0.3 is 0 Å². The summed E-state index contributed by atoms with van der Waals surface area (Å²) in [6.07, 6.45) is 5.80. The van der Waals surface area contributed by atoms with Gasteiger partial charge in [-0.25, -0.2) is 4.98 Å². The number of rotatable bonds is 2. The first kappa shape index (κ1) is 7.02. The first-order valence-corrected chi connectivity index (χ1v) is 5.07. The van der Waals surface area contributed by atoms with Crippen LogP contribution < -0.4 is 0 Å². The lowest BCUT2D eigenvalue weighted by atomic mass is 10.8. The van der Waals surface area contributed by atoms with Crippen molar-refractivity contribution in [3.05, 3.63) is 18.2 Å². The van der Waals surface area contributed by atoms with Crippen LogP contribution in [0.15, 0.2) is 12.4 Å². The van der Waals surface area contributed by atoms with Crippen molar-refractivity contribution >= 4 is 21.8 Å². The van der Waals surface area contributed by atoms with E-state index >= 15 is 0 Å². The van der Waals surface area contributed by atoms with Crippen LogP contribution >= 0.6 is 21.8 Å². The maximum Gasteiger partial charge on any atom is 0.116 e. The van der Waals surface area contributed by atoms with Gasteiger partial charge in [-0.1, -0.05) is 10.8 Å². The molecule has 0 unspecified atom stereocenters. The molecule has 1 aromatic rings. The molecule has 1 heterocycles. The Morgan fingerprint density at radius 2 is 2.44 bits per heavy atom. The third-order valence-electron chi connectivity index (χ3n) is 0.937. The summed E-state index contributed by atoms with van der Waals surface area (Å²) in [4.78, 5) is 4.06. The van der Waals surface area contributed by atoms with Gasteiger partial charge in [0.05, 0.1) is 0 Å². The Hall–Kier alpha value is -0.0900. The minimum atomic E-state index is 1.05. The largest absolute Gasteiger partial charge is 0.268 e. The van der Waals surface area contributed by atoms with Crippen molar-refractivity contribution in [2.24, 2.45) is 0 Å². The molecule has 0 aliphatic rings. The van der Waals surface area contributed by atoms with Gasteiger partial charge in [-0.2, -0.15) is 0 Å².